The summed E-state index contributed by atoms with van der Waals surface area (Å²) < 4.78 is 15.1. The van der Waals surface area contributed by atoms with E-state index >= 15 is 0 Å². The summed E-state index contributed by atoms with van der Waals surface area (Å²) in [4.78, 5) is 2.31. The van der Waals surface area contributed by atoms with Gasteiger partial charge in [-0.1, -0.05) is 60.7 Å². The van der Waals surface area contributed by atoms with Crippen LogP contribution in [-0.2, 0) is 0 Å². The van der Waals surface area contributed by atoms with E-state index in [1.54, 1.807) is 0 Å². The molecule has 42 heavy (non-hydrogen) atoms. The molecule has 5 heteroatoms. The van der Waals surface area contributed by atoms with E-state index in [1.165, 1.54) is 20.2 Å². The molecule has 0 fully saturated rings. The predicted octanol–water partition coefficient (Wildman–Crippen LogP) is 10.9. The molecule has 1 aliphatic rings. The van der Waals surface area contributed by atoms with Gasteiger partial charge < -0.3 is 19.4 Å². The summed E-state index contributed by atoms with van der Waals surface area (Å²) in [7, 11) is 0. The Bertz CT molecular complexity index is 2260. The molecule has 0 bridgehead atoms. The van der Waals surface area contributed by atoms with Crippen molar-refractivity contribution < 1.29 is 9.15 Å². The van der Waals surface area contributed by atoms with Gasteiger partial charge in [0.2, 0.25) is 0 Å². The lowest BCUT2D eigenvalue weighted by atomic mass is 10.1. The van der Waals surface area contributed by atoms with Crippen LogP contribution < -0.4 is 15.0 Å². The van der Waals surface area contributed by atoms with Crippen LogP contribution in [0.2, 0.25) is 0 Å². The van der Waals surface area contributed by atoms with Crippen LogP contribution in [0.4, 0.5) is 22.7 Å². The van der Waals surface area contributed by atoms with Crippen molar-refractivity contribution in [2.24, 2.45) is 0 Å². The second-order valence-corrected chi connectivity index (χ2v) is 11.7. The van der Waals surface area contributed by atoms with Crippen molar-refractivity contribution in [2.75, 3.05) is 10.2 Å². The number of nitrogens with one attached hydrogen (secondary N) is 1. The zero-order chi connectivity index (χ0) is 27.6. The molecule has 6 aromatic carbocycles. The van der Waals surface area contributed by atoms with Crippen LogP contribution >= 0.6 is 11.3 Å². The number of rotatable bonds is 4. The minimum Gasteiger partial charge on any atom is -0.464 e. The second-order valence-electron chi connectivity index (χ2n) is 10.6. The van der Waals surface area contributed by atoms with Crippen molar-refractivity contribution in [3.8, 4) is 5.75 Å². The van der Waals surface area contributed by atoms with Crippen LogP contribution in [0.5, 0.6) is 5.75 Å². The number of ether oxygens (including phenoxy) is 1. The first kappa shape index (κ1) is 23.4. The molecule has 1 aliphatic heterocycles. The highest BCUT2D eigenvalue weighted by atomic mass is 32.1. The topological polar surface area (TPSA) is 37.6 Å². The van der Waals surface area contributed by atoms with Crippen molar-refractivity contribution in [3.05, 3.63) is 139 Å². The standard InChI is InChI=1S/C37H24N2O2S/c1-4-10-32-27(7-1)28-19-17-26(22-34(28)40-32)39(25-18-20-36-30(21-25)29-8-2-6-12-35(29)42-36)24-15-13-23(14-16-24)37-38-31-9-3-5-11-33(31)41-37/h1-22,37-38H. The maximum atomic E-state index is 6.30. The largest absolute Gasteiger partial charge is 0.464 e. The maximum absolute atomic E-state index is 6.30. The molecule has 2 aromatic heterocycles. The Kier molecular flexibility index (Phi) is 5.10. The van der Waals surface area contributed by atoms with Gasteiger partial charge in [-0.3, -0.25) is 0 Å². The Hall–Kier alpha value is -5.26. The molecular formula is C37H24N2O2S. The maximum Gasteiger partial charge on any atom is 0.196 e. The van der Waals surface area contributed by atoms with Crippen molar-refractivity contribution in [2.45, 2.75) is 6.23 Å². The lowest BCUT2D eigenvalue weighted by molar-refractivity contribution is 0.260. The molecule has 0 amide bonds. The fraction of sp³-hybridized carbons (Fsp3) is 0.0270. The van der Waals surface area contributed by atoms with E-state index in [4.69, 9.17) is 9.15 Å². The van der Waals surface area contributed by atoms with Crippen LogP contribution in [0.25, 0.3) is 42.1 Å². The van der Waals surface area contributed by atoms with Gasteiger partial charge in [0.05, 0.1) is 5.69 Å². The predicted molar refractivity (Wildman–Crippen MR) is 175 cm³/mol. The van der Waals surface area contributed by atoms with E-state index in [9.17, 15) is 0 Å². The summed E-state index contributed by atoms with van der Waals surface area (Å²) in [6, 6.07) is 46.8. The van der Waals surface area contributed by atoms with Gasteiger partial charge in [0.15, 0.2) is 6.23 Å². The molecule has 0 radical (unpaired) electrons. The number of fused-ring (bicyclic) bond motifs is 7. The summed E-state index contributed by atoms with van der Waals surface area (Å²) in [5.41, 5.74) is 7.05. The molecule has 200 valence electrons. The molecule has 3 heterocycles. The van der Waals surface area contributed by atoms with E-state index in [-0.39, 0.29) is 6.23 Å². The van der Waals surface area contributed by atoms with E-state index in [0.29, 0.717) is 0 Å². The van der Waals surface area contributed by atoms with Crippen molar-refractivity contribution in [1.29, 1.82) is 0 Å². The summed E-state index contributed by atoms with van der Waals surface area (Å²) in [6.07, 6.45) is -0.217. The average molecular weight is 561 g/mol. The third-order valence-corrected chi connectivity index (χ3v) is 9.26. The van der Waals surface area contributed by atoms with E-state index in [2.05, 4.69) is 107 Å². The van der Waals surface area contributed by atoms with Gasteiger partial charge in [-0.05, 0) is 66.7 Å². The summed E-state index contributed by atoms with van der Waals surface area (Å²) in [5, 5.41) is 8.28. The van der Waals surface area contributed by atoms with Gasteiger partial charge in [0.25, 0.3) is 0 Å². The van der Waals surface area contributed by atoms with Crippen molar-refractivity contribution in [3.63, 3.8) is 0 Å². The minimum absolute atomic E-state index is 0.217. The lowest BCUT2D eigenvalue weighted by Gasteiger charge is -2.26. The summed E-state index contributed by atoms with van der Waals surface area (Å²) in [6.45, 7) is 0. The smallest absolute Gasteiger partial charge is 0.196 e. The molecule has 9 rings (SSSR count). The summed E-state index contributed by atoms with van der Waals surface area (Å²) in [5.74, 6) is 0.878. The third kappa shape index (κ3) is 3.67. The Morgan fingerprint density at radius 2 is 1.24 bits per heavy atom. The molecule has 8 aromatic rings. The number of benzene rings is 6. The van der Waals surface area contributed by atoms with E-state index < -0.39 is 0 Å². The first-order chi connectivity index (χ1) is 20.8. The van der Waals surface area contributed by atoms with Gasteiger partial charge in [0, 0.05) is 59.6 Å². The van der Waals surface area contributed by atoms with Crippen LogP contribution in [0.3, 0.4) is 0 Å². The Morgan fingerprint density at radius 1 is 0.548 bits per heavy atom. The first-order valence-electron chi connectivity index (χ1n) is 14.0. The Morgan fingerprint density at radius 3 is 2.14 bits per heavy atom. The van der Waals surface area contributed by atoms with Gasteiger partial charge in [-0.25, -0.2) is 0 Å². The highest BCUT2D eigenvalue weighted by Crippen LogP contribution is 2.43. The highest BCUT2D eigenvalue weighted by Gasteiger charge is 2.23. The molecule has 1 unspecified atom stereocenters. The van der Waals surface area contributed by atoms with Gasteiger partial charge in [-0.2, -0.15) is 0 Å². The molecule has 0 spiro atoms. The fourth-order valence-electron chi connectivity index (χ4n) is 6.09. The number of nitrogens with zero attached hydrogens (tertiary/aromatic N) is 1. The monoisotopic (exact) mass is 560 g/mol. The van der Waals surface area contributed by atoms with Crippen LogP contribution in [0.15, 0.2) is 138 Å². The lowest BCUT2D eigenvalue weighted by Crippen LogP contribution is -2.12. The number of anilines is 4. The van der Waals surface area contributed by atoms with Crippen LogP contribution in [0.1, 0.15) is 11.8 Å². The quantitative estimate of drug-likeness (QED) is 0.232. The molecule has 1 atom stereocenters. The van der Waals surface area contributed by atoms with Gasteiger partial charge in [0.1, 0.15) is 16.9 Å². The van der Waals surface area contributed by atoms with E-state index in [0.717, 1.165) is 56.0 Å². The SMILES string of the molecule is c1ccc2c(c1)NC(c1ccc(N(c3ccc4c(c3)oc3ccccc34)c3ccc4sc5ccccc5c4c3)cc1)O2. The number of hydrogen-bond acceptors (Lipinski definition) is 5. The zero-order valence-corrected chi connectivity index (χ0v) is 23.3. The molecule has 0 aliphatic carbocycles. The van der Waals surface area contributed by atoms with E-state index in [1.807, 2.05) is 47.7 Å². The first-order valence-corrected chi connectivity index (χ1v) is 14.9. The van der Waals surface area contributed by atoms with Crippen molar-refractivity contribution >= 4 is 76.2 Å². The molecule has 1 N–H and O–H groups in total. The second kappa shape index (κ2) is 9.13. The molecule has 0 saturated heterocycles. The zero-order valence-electron chi connectivity index (χ0n) is 22.5. The van der Waals surface area contributed by atoms with Gasteiger partial charge >= 0.3 is 0 Å². The number of furan rings is 1. The van der Waals surface area contributed by atoms with Gasteiger partial charge in [-0.15, -0.1) is 11.3 Å². The average Bonchev–Trinajstić information content (AvgIpc) is 3.74. The fourth-order valence-corrected chi connectivity index (χ4v) is 7.18. The molecule has 0 saturated carbocycles. The van der Waals surface area contributed by atoms with Crippen LogP contribution in [-0.4, -0.2) is 0 Å². The normalized spacial score (nSPS) is 14.3. The third-order valence-electron chi connectivity index (χ3n) is 8.11. The Labute approximate surface area is 246 Å². The Balaban J connectivity index is 1.18. The van der Waals surface area contributed by atoms with Crippen LogP contribution in [0, 0.1) is 0 Å². The highest BCUT2D eigenvalue weighted by molar-refractivity contribution is 7.25. The summed E-state index contributed by atoms with van der Waals surface area (Å²) >= 11 is 1.83. The molecular weight excluding hydrogens is 536 g/mol. The number of hydrogen-bond donors (Lipinski definition) is 1. The number of para-hydroxylation sites is 3. The number of thiophene rings is 1. The minimum atomic E-state index is -0.217. The van der Waals surface area contributed by atoms with Crippen molar-refractivity contribution in [1.82, 2.24) is 0 Å². The molecule has 4 nitrogen and oxygen atoms in total.